The molecule has 8 rings (SSSR count). The van der Waals surface area contributed by atoms with Crippen LogP contribution in [0.1, 0.15) is 4.11 Å². The number of rotatable bonds is 2. The van der Waals surface area contributed by atoms with Crippen molar-refractivity contribution in [1.29, 1.82) is 0 Å². The van der Waals surface area contributed by atoms with Gasteiger partial charge < -0.3 is 9.30 Å². The van der Waals surface area contributed by atoms with E-state index < -0.39 is 0 Å². The molecule has 0 saturated carbocycles. The summed E-state index contributed by atoms with van der Waals surface area (Å²) in [6.45, 7) is 0. The van der Waals surface area contributed by atoms with Gasteiger partial charge in [-0.3, -0.25) is 0 Å². The molecule has 2 heteroatoms. The molecule has 1 aliphatic rings. The van der Waals surface area contributed by atoms with E-state index in [1.165, 1.54) is 0 Å². The number of hydrogen-bond acceptors (Lipinski definition) is 1. The first kappa shape index (κ1) is 16.7. The van der Waals surface area contributed by atoms with Crippen molar-refractivity contribution in [2.45, 2.75) is 0 Å². The predicted molar refractivity (Wildman–Crippen MR) is 149 cm³/mol. The standard InChI is InChI=1S/C34H21NO/c1-2-11-24(12-3-1)35-30-17-5-4-13-26(30)28-16-8-14-25(34(28)35)23-19-20-31-29(21-23)27-15-6-9-22-10-7-18-32(36-31)33(22)27/h1-21H/i19D,20D,21D. The van der Waals surface area contributed by atoms with Gasteiger partial charge in [0, 0.05) is 33.0 Å². The van der Waals surface area contributed by atoms with Crippen LogP contribution in [0.5, 0.6) is 11.5 Å². The van der Waals surface area contributed by atoms with Crippen molar-refractivity contribution < 1.29 is 8.85 Å². The lowest BCUT2D eigenvalue weighted by molar-refractivity contribution is 0.487. The minimum atomic E-state index is -0.0121. The SMILES string of the molecule is [2H]c1c([2H])c(-c2cccc3c4ccccc4n(-c4ccccc4)c23)c([2H])c2c1Oc1cccc3cccc-2c13. The van der Waals surface area contributed by atoms with Crippen LogP contribution in [-0.4, -0.2) is 4.57 Å². The van der Waals surface area contributed by atoms with Crippen molar-refractivity contribution in [3.05, 3.63) is 127 Å². The van der Waals surface area contributed by atoms with E-state index in [2.05, 4.69) is 34.9 Å². The molecular formula is C34H21NO. The van der Waals surface area contributed by atoms with Crippen LogP contribution >= 0.6 is 0 Å². The Kier molecular flexibility index (Phi) is 3.41. The second-order valence-corrected chi connectivity index (χ2v) is 9.11. The van der Waals surface area contributed by atoms with Gasteiger partial charge in [0.05, 0.1) is 15.1 Å². The monoisotopic (exact) mass is 462 g/mol. The predicted octanol–water partition coefficient (Wildman–Crippen LogP) is 9.38. The fourth-order valence-electron chi connectivity index (χ4n) is 5.57. The number of fused-ring (bicyclic) bond motifs is 5. The van der Waals surface area contributed by atoms with Crippen molar-refractivity contribution in [3.8, 4) is 39.4 Å². The number of nitrogens with zero attached hydrogens (tertiary/aromatic N) is 1. The van der Waals surface area contributed by atoms with Crippen molar-refractivity contribution in [2.75, 3.05) is 0 Å². The molecule has 1 aromatic heterocycles. The highest BCUT2D eigenvalue weighted by molar-refractivity contribution is 6.14. The number of ether oxygens (including phenoxy) is 1. The zero-order valence-electron chi connectivity index (χ0n) is 22.2. The Morgan fingerprint density at radius 3 is 2.25 bits per heavy atom. The first-order chi connectivity index (χ1) is 19.1. The maximum Gasteiger partial charge on any atom is 0.135 e. The molecule has 0 aliphatic carbocycles. The van der Waals surface area contributed by atoms with E-state index in [0.29, 0.717) is 16.9 Å². The molecule has 1 aliphatic heterocycles. The van der Waals surface area contributed by atoms with Gasteiger partial charge in [0.25, 0.3) is 0 Å². The summed E-state index contributed by atoms with van der Waals surface area (Å²) in [6, 6.07) is 36.5. The van der Waals surface area contributed by atoms with Crippen LogP contribution in [0.3, 0.4) is 0 Å². The van der Waals surface area contributed by atoms with Gasteiger partial charge in [-0.15, -0.1) is 0 Å². The Bertz CT molecular complexity index is 2120. The normalized spacial score (nSPS) is 13.3. The second kappa shape index (κ2) is 7.34. The molecule has 2 nitrogen and oxygen atoms in total. The molecule has 0 spiro atoms. The van der Waals surface area contributed by atoms with E-state index >= 15 is 0 Å². The van der Waals surface area contributed by atoms with Gasteiger partial charge in [-0.1, -0.05) is 91.0 Å². The smallest absolute Gasteiger partial charge is 0.135 e. The molecule has 0 N–H and O–H groups in total. The molecular weight excluding hydrogens is 438 g/mol. The average Bonchev–Trinajstić information content (AvgIpc) is 3.32. The Balaban J connectivity index is 1.53. The molecule has 36 heavy (non-hydrogen) atoms. The fraction of sp³-hybridized carbons (Fsp3) is 0. The van der Waals surface area contributed by atoms with E-state index in [9.17, 15) is 1.37 Å². The maximum absolute atomic E-state index is 9.50. The maximum atomic E-state index is 9.50. The number of aromatic nitrogens is 1. The first-order valence-corrected chi connectivity index (χ1v) is 12.0. The van der Waals surface area contributed by atoms with Crippen LogP contribution in [0.2, 0.25) is 0 Å². The third kappa shape index (κ3) is 2.67. The summed E-state index contributed by atoms with van der Waals surface area (Å²) in [6.07, 6.45) is 0. The minimum Gasteiger partial charge on any atom is -0.456 e. The third-order valence-corrected chi connectivity index (χ3v) is 7.10. The van der Waals surface area contributed by atoms with Crippen LogP contribution in [0.25, 0.3) is 60.5 Å². The molecule has 0 unspecified atom stereocenters. The van der Waals surface area contributed by atoms with Crippen LogP contribution in [0.15, 0.2) is 127 Å². The number of para-hydroxylation sites is 3. The van der Waals surface area contributed by atoms with E-state index in [0.717, 1.165) is 49.4 Å². The van der Waals surface area contributed by atoms with E-state index in [1.54, 1.807) is 0 Å². The highest BCUT2D eigenvalue weighted by Crippen LogP contribution is 2.48. The average molecular weight is 463 g/mol. The largest absolute Gasteiger partial charge is 0.456 e. The molecule has 0 atom stereocenters. The van der Waals surface area contributed by atoms with Gasteiger partial charge in [-0.25, -0.2) is 0 Å². The lowest BCUT2D eigenvalue weighted by Gasteiger charge is -2.22. The molecule has 0 fully saturated rings. The van der Waals surface area contributed by atoms with Gasteiger partial charge in [0.1, 0.15) is 11.5 Å². The van der Waals surface area contributed by atoms with Gasteiger partial charge in [0.2, 0.25) is 0 Å². The van der Waals surface area contributed by atoms with Crippen LogP contribution < -0.4 is 4.74 Å². The van der Waals surface area contributed by atoms with E-state index in [-0.39, 0.29) is 23.9 Å². The molecule has 2 heterocycles. The summed E-state index contributed by atoms with van der Waals surface area (Å²) in [7, 11) is 0. The Morgan fingerprint density at radius 1 is 0.583 bits per heavy atom. The number of benzene rings is 6. The van der Waals surface area contributed by atoms with Crippen LogP contribution in [-0.2, 0) is 0 Å². The summed E-state index contributed by atoms with van der Waals surface area (Å²) >= 11 is 0. The molecule has 0 saturated heterocycles. The topological polar surface area (TPSA) is 14.2 Å². The number of hydrogen-bond donors (Lipinski definition) is 0. The molecule has 168 valence electrons. The Morgan fingerprint density at radius 2 is 1.33 bits per heavy atom. The van der Waals surface area contributed by atoms with Crippen molar-refractivity contribution in [1.82, 2.24) is 4.57 Å². The Labute approximate surface area is 212 Å². The lowest BCUT2D eigenvalue weighted by Crippen LogP contribution is -1.98. The summed E-state index contributed by atoms with van der Waals surface area (Å²) < 4.78 is 36.1. The quantitative estimate of drug-likeness (QED) is 0.250. The highest BCUT2D eigenvalue weighted by atomic mass is 16.5. The zero-order valence-corrected chi connectivity index (χ0v) is 19.2. The van der Waals surface area contributed by atoms with Crippen LogP contribution in [0.4, 0.5) is 0 Å². The summed E-state index contributed by atoms with van der Waals surface area (Å²) in [5.41, 5.74) is 5.58. The van der Waals surface area contributed by atoms with Gasteiger partial charge in [-0.05, 0) is 52.9 Å². The first-order valence-electron chi connectivity index (χ1n) is 13.5. The third-order valence-electron chi connectivity index (χ3n) is 7.10. The fourth-order valence-corrected chi connectivity index (χ4v) is 5.57. The van der Waals surface area contributed by atoms with Gasteiger partial charge in [0.15, 0.2) is 0 Å². The molecule has 0 radical (unpaired) electrons. The van der Waals surface area contributed by atoms with E-state index in [4.69, 9.17) is 7.48 Å². The molecule has 7 aromatic rings. The van der Waals surface area contributed by atoms with Crippen molar-refractivity contribution in [3.63, 3.8) is 0 Å². The second-order valence-electron chi connectivity index (χ2n) is 9.11. The van der Waals surface area contributed by atoms with Crippen molar-refractivity contribution >= 4 is 32.6 Å². The Hall–Kier alpha value is -4.82. The molecule has 0 amide bonds. The van der Waals surface area contributed by atoms with Crippen molar-refractivity contribution in [2.24, 2.45) is 0 Å². The summed E-state index contributed by atoms with van der Waals surface area (Å²) in [5, 5.41) is 4.09. The molecule has 6 aromatic carbocycles. The minimum absolute atomic E-state index is 0.0114. The summed E-state index contributed by atoms with van der Waals surface area (Å²) in [5.74, 6) is 0.928. The lowest BCUT2D eigenvalue weighted by atomic mass is 9.92. The molecule has 0 bridgehead atoms. The van der Waals surface area contributed by atoms with Gasteiger partial charge >= 0.3 is 0 Å². The van der Waals surface area contributed by atoms with Crippen LogP contribution in [0, 0.1) is 0 Å². The van der Waals surface area contributed by atoms with Gasteiger partial charge in [-0.2, -0.15) is 0 Å². The summed E-state index contributed by atoms with van der Waals surface area (Å²) in [4.78, 5) is 0. The highest BCUT2D eigenvalue weighted by Gasteiger charge is 2.22. The zero-order chi connectivity index (χ0) is 26.2. The van der Waals surface area contributed by atoms with E-state index in [1.807, 2.05) is 78.9 Å².